The van der Waals surface area contributed by atoms with Crippen LogP contribution in [-0.4, -0.2) is 40.1 Å². The lowest BCUT2D eigenvalue weighted by Gasteiger charge is -2.25. The summed E-state index contributed by atoms with van der Waals surface area (Å²) in [5.41, 5.74) is 2.39. The summed E-state index contributed by atoms with van der Waals surface area (Å²) in [7, 11) is -4.00. The van der Waals surface area contributed by atoms with Gasteiger partial charge in [0.1, 0.15) is 24.7 Å². The van der Waals surface area contributed by atoms with Crippen LogP contribution in [0.1, 0.15) is 25.0 Å². The standard InChI is InChI=1S/C27H32N2O5S/c1-5-33-24-14-16-25(17-15-24)35(31,32)29(23-12-10-20(2)11-13-23)18-27(30)28-22(4)19-34-26-9-7-6-8-21(26)3/h6-17,22H,5,18-19H2,1-4H3,(H,28,30). The Hall–Kier alpha value is -3.52. The highest BCUT2D eigenvalue weighted by Crippen LogP contribution is 2.25. The molecule has 8 heteroatoms. The van der Waals surface area contributed by atoms with Crippen molar-refractivity contribution >= 4 is 21.6 Å². The van der Waals surface area contributed by atoms with Gasteiger partial charge in [-0.1, -0.05) is 35.9 Å². The number of benzene rings is 3. The number of sulfonamides is 1. The monoisotopic (exact) mass is 496 g/mol. The van der Waals surface area contributed by atoms with E-state index in [1.54, 1.807) is 24.3 Å². The highest BCUT2D eigenvalue weighted by molar-refractivity contribution is 7.92. The molecule has 7 nitrogen and oxygen atoms in total. The predicted octanol–water partition coefficient (Wildman–Crippen LogP) is 4.48. The van der Waals surface area contributed by atoms with Crippen LogP contribution < -0.4 is 19.1 Å². The molecule has 0 spiro atoms. The van der Waals surface area contributed by atoms with Gasteiger partial charge < -0.3 is 14.8 Å². The van der Waals surface area contributed by atoms with Crippen LogP contribution in [-0.2, 0) is 14.8 Å². The minimum Gasteiger partial charge on any atom is -0.494 e. The molecule has 0 radical (unpaired) electrons. The summed E-state index contributed by atoms with van der Waals surface area (Å²) < 4.78 is 39.4. The van der Waals surface area contributed by atoms with Gasteiger partial charge in [-0.05, 0) is 75.7 Å². The van der Waals surface area contributed by atoms with Crippen LogP contribution in [0.2, 0.25) is 0 Å². The molecule has 1 N–H and O–H groups in total. The third-order valence-corrected chi connectivity index (χ3v) is 7.11. The summed E-state index contributed by atoms with van der Waals surface area (Å²) in [6.07, 6.45) is 0. The Morgan fingerprint density at radius 2 is 1.60 bits per heavy atom. The van der Waals surface area contributed by atoms with Gasteiger partial charge in [-0.15, -0.1) is 0 Å². The molecule has 0 aliphatic carbocycles. The highest BCUT2D eigenvalue weighted by atomic mass is 32.2. The van der Waals surface area contributed by atoms with Gasteiger partial charge in [-0.2, -0.15) is 0 Å². The number of rotatable bonds is 11. The summed E-state index contributed by atoms with van der Waals surface area (Å²) in [4.78, 5) is 13.0. The van der Waals surface area contributed by atoms with Gasteiger partial charge in [0, 0.05) is 0 Å². The molecule has 3 aromatic rings. The number of carbonyl (C=O) groups excluding carboxylic acids is 1. The maximum Gasteiger partial charge on any atom is 0.264 e. The van der Waals surface area contributed by atoms with Crippen molar-refractivity contribution in [2.75, 3.05) is 24.1 Å². The molecule has 0 aliphatic rings. The van der Waals surface area contributed by atoms with E-state index in [0.717, 1.165) is 21.2 Å². The molecular weight excluding hydrogens is 464 g/mol. The van der Waals surface area contributed by atoms with Crippen molar-refractivity contribution in [2.45, 2.75) is 38.6 Å². The van der Waals surface area contributed by atoms with Gasteiger partial charge in [0.25, 0.3) is 10.0 Å². The van der Waals surface area contributed by atoms with E-state index in [4.69, 9.17) is 9.47 Å². The maximum atomic E-state index is 13.5. The number of nitrogens with one attached hydrogen (secondary N) is 1. The topological polar surface area (TPSA) is 84.9 Å². The molecule has 0 heterocycles. The molecule has 3 aromatic carbocycles. The Labute approximate surface area is 207 Å². The summed E-state index contributed by atoms with van der Waals surface area (Å²) in [5, 5.41) is 2.84. The zero-order chi connectivity index (χ0) is 25.4. The first-order chi connectivity index (χ1) is 16.7. The van der Waals surface area contributed by atoms with Gasteiger partial charge in [0.05, 0.1) is 23.2 Å². The second-order valence-corrected chi connectivity index (χ2v) is 10.2. The smallest absolute Gasteiger partial charge is 0.264 e. The van der Waals surface area contributed by atoms with Crippen molar-refractivity contribution in [3.8, 4) is 11.5 Å². The normalized spacial score (nSPS) is 12.0. The van der Waals surface area contributed by atoms with Gasteiger partial charge in [-0.3, -0.25) is 9.10 Å². The zero-order valence-electron chi connectivity index (χ0n) is 20.5. The SMILES string of the molecule is CCOc1ccc(S(=O)(=O)N(CC(=O)NC(C)COc2ccccc2C)c2ccc(C)cc2)cc1. The maximum absolute atomic E-state index is 13.5. The van der Waals surface area contributed by atoms with E-state index >= 15 is 0 Å². The molecule has 1 unspecified atom stereocenters. The van der Waals surface area contributed by atoms with Crippen molar-refractivity contribution in [1.29, 1.82) is 0 Å². The van der Waals surface area contributed by atoms with Crippen LogP contribution in [0.5, 0.6) is 11.5 Å². The lowest BCUT2D eigenvalue weighted by Crippen LogP contribution is -2.45. The van der Waals surface area contributed by atoms with E-state index in [2.05, 4.69) is 5.32 Å². The molecule has 35 heavy (non-hydrogen) atoms. The summed E-state index contributed by atoms with van der Waals surface area (Å²) in [5.74, 6) is 0.891. The number of anilines is 1. The fraction of sp³-hybridized carbons (Fsp3) is 0.296. The third-order valence-electron chi connectivity index (χ3n) is 5.32. The first-order valence-corrected chi connectivity index (χ1v) is 12.9. The lowest BCUT2D eigenvalue weighted by molar-refractivity contribution is -0.120. The van der Waals surface area contributed by atoms with E-state index in [0.29, 0.717) is 18.0 Å². The third kappa shape index (κ3) is 6.99. The highest BCUT2D eigenvalue weighted by Gasteiger charge is 2.27. The number of hydrogen-bond donors (Lipinski definition) is 1. The van der Waals surface area contributed by atoms with Gasteiger partial charge in [0.15, 0.2) is 0 Å². The lowest BCUT2D eigenvalue weighted by atomic mass is 10.2. The molecule has 0 fully saturated rings. The number of hydrogen-bond acceptors (Lipinski definition) is 5. The fourth-order valence-corrected chi connectivity index (χ4v) is 4.87. The van der Waals surface area contributed by atoms with E-state index in [1.807, 2.05) is 64.1 Å². The van der Waals surface area contributed by atoms with E-state index in [-0.39, 0.29) is 24.1 Å². The molecule has 3 rings (SSSR count). The number of aryl methyl sites for hydroxylation is 2. The molecule has 0 aliphatic heterocycles. The Kier molecular flexibility index (Phi) is 8.76. The van der Waals surface area contributed by atoms with E-state index in [1.165, 1.54) is 12.1 Å². The molecule has 0 aromatic heterocycles. The Bertz CT molecular complexity index is 1230. The molecule has 1 amide bonds. The average Bonchev–Trinajstić information content (AvgIpc) is 2.83. The molecule has 0 saturated carbocycles. The molecule has 1 atom stereocenters. The zero-order valence-corrected chi connectivity index (χ0v) is 21.3. The van der Waals surface area contributed by atoms with E-state index in [9.17, 15) is 13.2 Å². The summed E-state index contributed by atoms with van der Waals surface area (Å²) in [6.45, 7) is 7.90. The van der Waals surface area contributed by atoms with Crippen LogP contribution in [0.4, 0.5) is 5.69 Å². The number of ether oxygens (including phenoxy) is 2. The predicted molar refractivity (Wildman–Crippen MR) is 138 cm³/mol. The second kappa shape index (κ2) is 11.8. The number of amides is 1. The molecule has 0 saturated heterocycles. The molecular formula is C27H32N2O5S. The largest absolute Gasteiger partial charge is 0.494 e. The van der Waals surface area contributed by atoms with Gasteiger partial charge in [-0.25, -0.2) is 8.42 Å². The number of carbonyl (C=O) groups is 1. The second-order valence-electron chi connectivity index (χ2n) is 8.30. The van der Waals surface area contributed by atoms with Crippen molar-refractivity contribution in [1.82, 2.24) is 5.32 Å². The Morgan fingerprint density at radius 1 is 0.943 bits per heavy atom. The fourth-order valence-electron chi connectivity index (χ4n) is 3.45. The summed E-state index contributed by atoms with van der Waals surface area (Å²) in [6, 6.07) is 20.5. The van der Waals surface area contributed by atoms with Crippen LogP contribution in [0, 0.1) is 13.8 Å². The van der Waals surface area contributed by atoms with Crippen LogP contribution >= 0.6 is 0 Å². The van der Waals surface area contributed by atoms with Crippen molar-refractivity contribution in [2.24, 2.45) is 0 Å². The first kappa shape index (κ1) is 26.1. The minimum absolute atomic E-state index is 0.0743. The van der Waals surface area contributed by atoms with Crippen LogP contribution in [0.3, 0.4) is 0 Å². The number of para-hydroxylation sites is 1. The minimum atomic E-state index is -4.00. The van der Waals surface area contributed by atoms with Crippen molar-refractivity contribution < 1.29 is 22.7 Å². The summed E-state index contributed by atoms with van der Waals surface area (Å²) >= 11 is 0. The van der Waals surface area contributed by atoms with Gasteiger partial charge >= 0.3 is 0 Å². The molecule has 0 bridgehead atoms. The first-order valence-electron chi connectivity index (χ1n) is 11.5. The van der Waals surface area contributed by atoms with Gasteiger partial charge in [0.2, 0.25) is 5.91 Å². The van der Waals surface area contributed by atoms with Crippen molar-refractivity contribution in [3.63, 3.8) is 0 Å². The molecule has 186 valence electrons. The van der Waals surface area contributed by atoms with E-state index < -0.39 is 15.9 Å². The number of nitrogens with zero attached hydrogens (tertiary/aromatic N) is 1. The quantitative estimate of drug-likeness (QED) is 0.423. The van der Waals surface area contributed by atoms with Crippen LogP contribution in [0.25, 0.3) is 0 Å². The Balaban J connectivity index is 1.76. The Morgan fingerprint density at radius 3 is 2.23 bits per heavy atom. The van der Waals surface area contributed by atoms with Crippen LogP contribution in [0.15, 0.2) is 77.7 Å². The van der Waals surface area contributed by atoms with Crippen molar-refractivity contribution in [3.05, 3.63) is 83.9 Å². The average molecular weight is 497 g/mol.